The van der Waals surface area contributed by atoms with E-state index in [2.05, 4.69) is 26.8 Å². The summed E-state index contributed by atoms with van der Waals surface area (Å²) >= 11 is 0. The molecule has 0 amide bonds. The van der Waals surface area contributed by atoms with Gasteiger partial charge in [-0.05, 0) is 75.4 Å². The van der Waals surface area contributed by atoms with Crippen LogP contribution in [0.1, 0.15) is 74.1 Å². The van der Waals surface area contributed by atoms with Gasteiger partial charge in [0.15, 0.2) is 12.1 Å². The Labute approximate surface area is 238 Å². The van der Waals surface area contributed by atoms with Gasteiger partial charge in [-0.15, -0.1) is 0 Å². The second-order valence-corrected chi connectivity index (χ2v) is 13.6. The fraction of sp³-hybridized carbons (Fsp3) is 0.871. The molecule has 2 aliphatic heterocycles. The third-order valence-electron chi connectivity index (χ3n) is 10.1. The third-order valence-corrected chi connectivity index (χ3v) is 10.1. The van der Waals surface area contributed by atoms with Crippen LogP contribution in [-0.4, -0.2) is 94.5 Å². The molecule has 40 heavy (non-hydrogen) atoms. The van der Waals surface area contributed by atoms with Gasteiger partial charge in [0.05, 0.1) is 19.3 Å². The number of aliphatic hydroxyl groups excluding tert-OH is 3. The van der Waals surface area contributed by atoms with Gasteiger partial charge in [-0.2, -0.15) is 0 Å². The first kappa shape index (κ1) is 30.6. The molecule has 0 aromatic rings. The summed E-state index contributed by atoms with van der Waals surface area (Å²) in [6.45, 7) is 14.9. The van der Waals surface area contributed by atoms with Crippen molar-refractivity contribution in [1.82, 2.24) is 0 Å². The lowest BCUT2D eigenvalue weighted by molar-refractivity contribution is -0.387. The highest BCUT2D eigenvalue weighted by molar-refractivity contribution is 5.42. The summed E-state index contributed by atoms with van der Waals surface area (Å²) in [6.07, 6.45) is -1.61. The number of aliphatic hydroxyl groups is 4. The summed E-state index contributed by atoms with van der Waals surface area (Å²) < 4.78 is 30.2. The summed E-state index contributed by atoms with van der Waals surface area (Å²) in [4.78, 5) is 0. The number of allylic oxidation sites excluding steroid dienone is 2. The minimum absolute atomic E-state index is 0.0393. The van der Waals surface area contributed by atoms with Gasteiger partial charge in [0.2, 0.25) is 0 Å². The van der Waals surface area contributed by atoms with Crippen LogP contribution in [0.15, 0.2) is 22.8 Å². The monoisotopic (exact) mass is 566 g/mol. The van der Waals surface area contributed by atoms with E-state index in [0.717, 1.165) is 30.4 Å². The first-order chi connectivity index (χ1) is 18.7. The van der Waals surface area contributed by atoms with Crippen molar-refractivity contribution in [2.75, 3.05) is 19.8 Å². The highest BCUT2D eigenvalue weighted by Crippen LogP contribution is 2.56. The fourth-order valence-electron chi connectivity index (χ4n) is 7.80. The maximum Gasteiger partial charge on any atom is 0.187 e. The van der Waals surface area contributed by atoms with Crippen LogP contribution in [-0.2, 0) is 23.7 Å². The summed E-state index contributed by atoms with van der Waals surface area (Å²) in [5.74, 6) is -0.956. The van der Waals surface area contributed by atoms with Crippen LogP contribution in [0.2, 0.25) is 0 Å². The maximum atomic E-state index is 12.0. The predicted molar refractivity (Wildman–Crippen MR) is 147 cm³/mol. The average Bonchev–Trinajstić information content (AvgIpc) is 3.40. The van der Waals surface area contributed by atoms with Crippen LogP contribution < -0.4 is 0 Å². The molecule has 5 aliphatic rings. The fourth-order valence-corrected chi connectivity index (χ4v) is 7.80. The molecule has 5 rings (SSSR count). The van der Waals surface area contributed by atoms with Crippen molar-refractivity contribution in [3.63, 3.8) is 0 Å². The van der Waals surface area contributed by atoms with Crippen molar-refractivity contribution in [3.8, 4) is 0 Å². The maximum absolute atomic E-state index is 12.0. The first-order valence-corrected chi connectivity index (χ1v) is 15.1. The number of rotatable bonds is 6. The van der Waals surface area contributed by atoms with Crippen molar-refractivity contribution in [2.45, 2.75) is 128 Å². The lowest BCUT2D eigenvalue weighted by atomic mass is 9.68. The molecule has 0 bridgehead atoms. The van der Waals surface area contributed by atoms with E-state index in [9.17, 15) is 20.4 Å². The van der Waals surface area contributed by atoms with Crippen LogP contribution in [0.25, 0.3) is 0 Å². The van der Waals surface area contributed by atoms with E-state index in [4.69, 9.17) is 23.7 Å². The Bertz CT molecular complexity index is 1000. The van der Waals surface area contributed by atoms with E-state index in [1.165, 1.54) is 5.57 Å². The van der Waals surface area contributed by atoms with E-state index >= 15 is 0 Å². The Balaban J connectivity index is 1.52. The second-order valence-electron chi connectivity index (χ2n) is 13.6. The molecule has 3 aliphatic carbocycles. The van der Waals surface area contributed by atoms with Gasteiger partial charge in [0, 0.05) is 12.0 Å². The molecule has 0 aromatic carbocycles. The molecule has 2 heterocycles. The van der Waals surface area contributed by atoms with Crippen molar-refractivity contribution in [2.24, 2.45) is 23.2 Å². The SMILES string of the molecule is CCOC[C@@]1(O)CC[C@@H]2C1=C[C@@]1(C)CCC(C(C)C)=C1[C@@H](O[C@H]1O[C@@H]3COC(C)(C)O[C@H]3[C@H](O)[C@H]1O)[C@H](O)[C@@H]2C. The Hall–Kier alpha value is -0.880. The van der Waals surface area contributed by atoms with E-state index in [0.29, 0.717) is 13.0 Å². The zero-order chi connectivity index (χ0) is 29.2. The minimum Gasteiger partial charge on any atom is -0.390 e. The van der Waals surface area contributed by atoms with Crippen molar-refractivity contribution >= 4 is 0 Å². The van der Waals surface area contributed by atoms with E-state index in [1.54, 1.807) is 13.8 Å². The van der Waals surface area contributed by atoms with Gasteiger partial charge in [-0.3, -0.25) is 0 Å². The summed E-state index contributed by atoms with van der Waals surface area (Å²) in [7, 11) is 0. The molecule has 0 unspecified atom stereocenters. The molecule has 1 saturated carbocycles. The molecule has 9 nitrogen and oxygen atoms in total. The van der Waals surface area contributed by atoms with Gasteiger partial charge in [-0.25, -0.2) is 0 Å². The van der Waals surface area contributed by atoms with Crippen LogP contribution in [0.3, 0.4) is 0 Å². The first-order valence-electron chi connectivity index (χ1n) is 15.1. The van der Waals surface area contributed by atoms with Crippen LogP contribution in [0.4, 0.5) is 0 Å². The molecular formula is C31H50O9. The van der Waals surface area contributed by atoms with Gasteiger partial charge < -0.3 is 44.1 Å². The second kappa shape index (κ2) is 11.0. The van der Waals surface area contributed by atoms with Crippen molar-refractivity contribution in [3.05, 3.63) is 22.8 Å². The molecule has 9 heteroatoms. The Morgan fingerprint density at radius 3 is 2.48 bits per heavy atom. The molecular weight excluding hydrogens is 516 g/mol. The molecule has 0 spiro atoms. The zero-order valence-corrected chi connectivity index (χ0v) is 25.1. The van der Waals surface area contributed by atoms with E-state index in [1.807, 2.05) is 13.8 Å². The molecule has 11 atom stereocenters. The molecule has 4 N–H and O–H groups in total. The Morgan fingerprint density at radius 2 is 1.80 bits per heavy atom. The third kappa shape index (κ3) is 5.24. The highest BCUT2D eigenvalue weighted by Gasteiger charge is 2.56. The quantitative estimate of drug-likeness (QED) is 0.359. The lowest BCUT2D eigenvalue weighted by Crippen LogP contribution is -2.65. The summed E-state index contributed by atoms with van der Waals surface area (Å²) in [6, 6.07) is 0. The number of hydrogen-bond acceptors (Lipinski definition) is 9. The normalized spacial score (nSPS) is 46.9. The van der Waals surface area contributed by atoms with Crippen molar-refractivity contribution in [1.29, 1.82) is 0 Å². The Kier molecular flexibility index (Phi) is 8.40. The largest absolute Gasteiger partial charge is 0.390 e. The smallest absolute Gasteiger partial charge is 0.187 e. The minimum atomic E-state index is -1.37. The van der Waals surface area contributed by atoms with Crippen LogP contribution in [0, 0.1) is 23.2 Å². The number of hydrogen-bond donors (Lipinski definition) is 4. The predicted octanol–water partition coefficient (Wildman–Crippen LogP) is 2.84. The van der Waals surface area contributed by atoms with Crippen molar-refractivity contribution < 1.29 is 44.1 Å². The van der Waals surface area contributed by atoms with Gasteiger partial charge in [-0.1, -0.05) is 39.3 Å². The number of ether oxygens (including phenoxy) is 5. The number of fused-ring (bicyclic) bond motifs is 3. The molecule has 0 radical (unpaired) electrons. The lowest BCUT2D eigenvalue weighted by Gasteiger charge is -2.50. The van der Waals surface area contributed by atoms with Gasteiger partial charge >= 0.3 is 0 Å². The molecule has 0 aromatic heterocycles. The summed E-state index contributed by atoms with van der Waals surface area (Å²) in [5, 5.41) is 46.0. The molecule has 2 saturated heterocycles. The topological polar surface area (TPSA) is 127 Å². The highest BCUT2D eigenvalue weighted by atomic mass is 16.8. The molecule has 228 valence electrons. The molecule has 3 fully saturated rings. The van der Waals surface area contributed by atoms with Crippen LogP contribution in [0.5, 0.6) is 0 Å². The zero-order valence-electron chi connectivity index (χ0n) is 25.1. The van der Waals surface area contributed by atoms with E-state index in [-0.39, 0.29) is 31.0 Å². The van der Waals surface area contributed by atoms with Gasteiger partial charge in [0.1, 0.15) is 36.1 Å². The Morgan fingerprint density at radius 1 is 1.07 bits per heavy atom. The van der Waals surface area contributed by atoms with Crippen LogP contribution >= 0.6 is 0 Å². The van der Waals surface area contributed by atoms with Gasteiger partial charge in [0.25, 0.3) is 0 Å². The average molecular weight is 567 g/mol. The summed E-state index contributed by atoms with van der Waals surface area (Å²) in [5.41, 5.74) is 1.64. The van der Waals surface area contributed by atoms with E-state index < -0.39 is 59.7 Å². The standard InChI is InChI=1S/C31H50O9/c1-8-36-15-31(35)12-10-19-17(4)23(32)27(22-18(16(2)3)9-11-30(22,7)13-20(19)31)39-28-25(34)24(33)26-21(38-28)14-37-29(5,6)40-26/h13,16-17,19,21,23-28,32-35H,8-12,14-15H2,1-7H3/t17-,19+,21-,23-,24-,25-,26-,27-,28-,30-,31+/m1/s1.